The van der Waals surface area contributed by atoms with Crippen LogP contribution in [0.4, 0.5) is 0 Å². The maximum Gasteiger partial charge on any atom is 0.181 e. The molecule has 26 heavy (non-hydrogen) atoms. The highest BCUT2D eigenvalue weighted by atomic mass is 16.5. The first kappa shape index (κ1) is 16.9. The molecular formula is C21H24N4O. The summed E-state index contributed by atoms with van der Waals surface area (Å²) in [7, 11) is 1.77. The lowest BCUT2D eigenvalue weighted by Gasteiger charge is -2.15. The van der Waals surface area contributed by atoms with Crippen molar-refractivity contribution in [1.29, 1.82) is 0 Å². The van der Waals surface area contributed by atoms with Gasteiger partial charge in [0.2, 0.25) is 0 Å². The zero-order valence-corrected chi connectivity index (χ0v) is 15.0. The Balaban J connectivity index is 1.51. The van der Waals surface area contributed by atoms with E-state index < -0.39 is 0 Å². The van der Waals surface area contributed by atoms with Crippen molar-refractivity contribution in [2.75, 3.05) is 26.8 Å². The molecule has 4 rings (SSSR count). The van der Waals surface area contributed by atoms with E-state index in [2.05, 4.69) is 45.4 Å². The van der Waals surface area contributed by atoms with Crippen molar-refractivity contribution in [3.05, 3.63) is 72.1 Å². The highest BCUT2D eigenvalue weighted by Gasteiger charge is 2.35. The smallest absolute Gasteiger partial charge is 0.181 e. The summed E-state index contributed by atoms with van der Waals surface area (Å²) in [5.74, 6) is 2.45. The van der Waals surface area contributed by atoms with Crippen LogP contribution in [0.15, 0.2) is 60.7 Å². The van der Waals surface area contributed by atoms with Crippen LogP contribution in [0, 0.1) is 5.92 Å². The second-order valence-electron chi connectivity index (χ2n) is 6.91. The molecule has 0 radical (unpaired) electrons. The standard InChI is InChI=1S/C21H24N4O/c1-26-15-18-13-25(12-16-8-4-2-5-9-16)14-19(18)21-22-20(23-24-21)17-10-6-3-7-11-17/h2-11,18-19H,12-15H2,1H3,(H,22,23,24)/t18-,19+/m0/s1. The van der Waals surface area contributed by atoms with Crippen LogP contribution in [0.25, 0.3) is 11.4 Å². The Hall–Kier alpha value is -2.50. The van der Waals surface area contributed by atoms with Gasteiger partial charge in [-0.3, -0.25) is 10.00 Å². The Kier molecular flexibility index (Phi) is 5.09. The lowest BCUT2D eigenvalue weighted by molar-refractivity contribution is 0.146. The number of hydrogen-bond donors (Lipinski definition) is 1. The number of benzene rings is 2. The first-order chi connectivity index (χ1) is 12.8. The number of ether oxygens (including phenoxy) is 1. The molecule has 0 amide bonds. The minimum atomic E-state index is 0.309. The summed E-state index contributed by atoms with van der Waals surface area (Å²) in [6.07, 6.45) is 0. The summed E-state index contributed by atoms with van der Waals surface area (Å²) in [5, 5.41) is 7.61. The minimum absolute atomic E-state index is 0.309. The van der Waals surface area contributed by atoms with Crippen LogP contribution < -0.4 is 0 Å². The maximum absolute atomic E-state index is 5.48. The number of rotatable bonds is 6. The number of aromatic amines is 1. The molecule has 2 heterocycles. The van der Waals surface area contributed by atoms with Crippen LogP contribution in [0.3, 0.4) is 0 Å². The zero-order chi connectivity index (χ0) is 17.8. The Bertz CT molecular complexity index is 818. The van der Waals surface area contributed by atoms with E-state index in [1.54, 1.807) is 7.11 Å². The minimum Gasteiger partial charge on any atom is -0.384 e. The van der Waals surface area contributed by atoms with E-state index in [4.69, 9.17) is 9.72 Å². The third kappa shape index (κ3) is 3.69. The van der Waals surface area contributed by atoms with Gasteiger partial charge in [-0.15, -0.1) is 0 Å². The van der Waals surface area contributed by atoms with Crippen molar-refractivity contribution in [2.24, 2.45) is 5.92 Å². The Morgan fingerprint density at radius 1 is 1.04 bits per heavy atom. The number of aromatic nitrogens is 3. The summed E-state index contributed by atoms with van der Waals surface area (Å²) < 4.78 is 5.48. The van der Waals surface area contributed by atoms with Gasteiger partial charge in [-0.05, 0) is 5.56 Å². The van der Waals surface area contributed by atoms with Crippen LogP contribution in [0.5, 0.6) is 0 Å². The molecule has 0 unspecified atom stereocenters. The molecule has 1 N–H and O–H groups in total. The first-order valence-corrected chi connectivity index (χ1v) is 9.06. The second-order valence-corrected chi connectivity index (χ2v) is 6.91. The van der Waals surface area contributed by atoms with Gasteiger partial charge >= 0.3 is 0 Å². The topological polar surface area (TPSA) is 54.0 Å². The fourth-order valence-corrected chi connectivity index (χ4v) is 3.78. The summed E-state index contributed by atoms with van der Waals surface area (Å²) >= 11 is 0. The van der Waals surface area contributed by atoms with Gasteiger partial charge in [0.15, 0.2) is 5.82 Å². The second kappa shape index (κ2) is 7.81. The molecule has 1 fully saturated rings. The fraction of sp³-hybridized carbons (Fsp3) is 0.333. The van der Waals surface area contributed by atoms with Gasteiger partial charge in [0.05, 0.1) is 6.61 Å². The van der Waals surface area contributed by atoms with E-state index >= 15 is 0 Å². The van der Waals surface area contributed by atoms with Crippen LogP contribution in [-0.4, -0.2) is 46.9 Å². The number of likely N-dealkylation sites (tertiary alicyclic amines) is 1. The van der Waals surface area contributed by atoms with Gasteiger partial charge in [0, 0.05) is 44.1 Å². The van der Waals surface area contributed by atoms with Crippen molar-refractivity contribution >= 4 is 0 Å². The molecule has 1 aliphatic rings. The first-order valence-electron chi connectivity index (χ1n) is 9.06. The predicted octanol–water partition coefficient (Wildman–Crippen LogP) is 3.33. The highest BCUT2D eigenvalue weighted by Crippen LogP contribution is 2.32. The van der Waals surface area contributed by atoms with Gasteiger partial charge in [0.1, 0.15) is 5.82 Å². The largest absolute Gasteiger partial charge is 0.384 e. The van der Waals surface area contributed by atoms with Crippen molar-refractivity contribution in [3.63, 3.8) is 0 Å². The molecule has 0 saturated carbocycles. The van der Waals surface area contributed by atoms with E-state index in [0.717, 1.165) is 43.5 Å². The number of methoxy groups -OCH3 is 1. The Morgan fingerprint density at radius 2 is 1.77 bits per heavy atom. The van der Waals surface area contributed by atoms with Crippen molar-refractivity contribution in [2.45, 2.75) is 12.5 Å². The zero-order valence-electron chi connectivity index (χ0n) is 15.0. The molecule has 2 aromatic carbocycles. The van der Waals surface area contributed by atoms with Crippen LogP contribution in [-0.2, 0) is 11.3 Å². The van der Waals surface area contributed by atoms with Crippen LogP contribution >= 0.6 is 0 Å². The Labute approximate surface area is 154 Å². The molecule has 1 saturated heterocycles. The average molecular weight is 348 g/mol. The van der Waals surface area contributed by atoms with E-state index in [-0.39, 0.29) is 0 Å². The van der Waals surface area contributed by atoms with Gasteiger partial charge in [0.25, 0.3) is 0 Å². The van der Waals surface area contributed by atoms with E-state index in [1.165, 1.54) is 5.56 Å². The van der Waals surface area contributed by atoms with Gasteiger partial charge < -0.3 is 4.74 Å². The average Bonchev–Trinajstić information content (AvgIpc) is 3.31. The van der Waals surface area contributed by atoms with E-state index in [9.17, 15) is 0 Å². The maximum atomic E-state index is 5.48. The van der Waals surface area contributed by atoms with Crippen molar-refractivity contribution < 1.29 is 4.74 Å². The molecule has 3 aromatic rings. The molecule has 5 heteroatoms. The van der Waals surface area contributed by atoms with E-state index in [1.807, 2.05) is 30.3 Å². The Morgan fingerprint density at radius 3 is 2.50 bits per heavy atom. The third-order valence-corrected chi connectivity index (χ3v) is 5.03. The fourth-order valence-electron chi connectivity index (χ4n) is 3.78. The number of nitrogens with zero attached hydrogens (tertiary/aromatic N) is 3. The van der Waals surface area contributed by atoms with E-state index in [0.29, 0.717) is 11.8 Å². The summed E-state index contributed by atoms with van der Waals surface area (Å²) in [6.45, 7) is 3.66. The lowest BCUT2D eigenvalue weighted by Crippen LogP contribution is -2.21. The molecule has 0 bridgehead atoms. The monoisotopic (exact) mass is 348 g/mol. The molecule has 0 spiro atoms. The van der Waals surface area contributed by atoms with Gasteiger partial charge in [-0.2, -0.15) is 5.10 Å². The molecule has 1 aromatic heterocycles. The number of hydrogen-bond acceptors (Lipinski definition) is 4. The summed E-state index contributed by atoms with van der Waals surface area (Å²) in [6, 6.07) is 20.7. The molecule has 1 aliphatic heterocycles. The molecule has 5 nitrogen and oxygen atoms in total. The van der Waals surface area contributed by atoms with Crippen molar-refractivity contribution in [1.82, 2.24) is 20.1 Å². The quantitative estimate of drug-likeness (QED) is 0.742. The summed E-state index contributed by atoms with van der Waals surface area (Å²) in [4.78, 5) is 7.27. The molecular weight excluding hydrogens is 324 g/mol. The van der Waals surface area contributed by atoms with Crippen molar-refractivity contribution in [3.8, 4) is 11.4 Å². The van der Waals surface area contributed by atoms with Crippen LogP contribution in [0.2, 0.25) is 0 Å². The molecule has 2 atom stereocenters. The number of nitrogens with one attached hydrogen (secondary N) is 1. The molecule has 0 aliphatic carbocycles. The van der Waals surface area contributed by atoms with Crippen LogP contribution in [0.1, 0.15) is 17.3 Å². The molecule has 134 valence electrons. The SMILES string of the molecule is COC[C@@H]1CN(Cc2ccccc2)C[C@H]1c1nc(-c2ccccc2)n[nH]1. The lowest BCUT2D eigenvalue weighted by atomic mass is 9.96. The predicted molar refractivity (Wildman–Crippen MR) is 102 cm³/mol. The highest BCUT2D eigenvalue weighted by molar-refractivity contribution is 5.53. The third-order valence-electron chi connectivity index (χ3n) is 5.03. The summed E-state index contributed by atoms with van der Waals surface area (Å²) in [5.41, 5.74) is 2.38. The van der Waals surface area contributed by atoms with Gasteiger partial charge in [-0.25, -0.2) is 4.98 Å². The normalized spacial score (nSPS) is 20.5. The number of H-pyrrole nitrogens is 1. The van der Waals surface area contributed by atoms with Gasteiger partial charge in [-0.1, -0.05) is 60.7 Å².